The van der Waals surface area contributed by atoms with Gasteiger partial charge in [0.05, 0.1) is 39.9 Å². The number of unbranched alkanes of at least 4 members (excludes halogenated alkanes) is 29. The smallest absolute Gasteiger partial charge is 0.268 e. The van der Waals surface area contributed by atoms with Crippen LogP contribution in [0.4, 0.5) is 0 Å². The fraction of sp³-hybridized carbons (Fsp3) is 0.769. The highest BCUT2D eigenvalue weighted by atomic mass is 31.2. The number of amides is 1. The van der Waals surface area contributed by atoms with E-state index in [2.05, 4.69) is 104 Å². The number of allylic oxidation sites excluding steroid dienone is 14. The van der Waals surface area contributed by atoms with Crippen LogP contribution in [0.25, 0.3) is 0 Å². The molecule has 0 aromatic heterocycles. The molecule has 0 heterocycles. The molecular formula is C65H119N2O6P. The van der Waals surface area contributed by atoms with Gasteiger partial charge in [0, 0.05) is 6.42 Å². The first-order chi connectivity index (χ1) is 36.0. The number of carbonyl (C=O) groups is 1. The minimum Gasteiger partial charge on any atom is -0.756 e. The van der Waals surface area contributed by atoms with E-state index in [4.69, 9.17) is 9.05 Å². The summed E-state index contributed by atoms with van der Waals surface area (Å²) in [5.41, 5.74) is 0. The van der Waals surface area contributed by atoms with E-state index in [9.17, 15) is 19.4 Å². The Hall–Kier alpha value is -2.32. The van der Waals surface area contributed by atoms with E-state index < -0.39 is 20.0 Å². The largest absolute Gasteiger partial charge is 0.756 e. The van der Waals surface area contributed by atoms with Gasteiger partial charge in [0.2, 0.25) is 5.91 Å². The Morgan fingerprint density at radius 2 is 0.824 bits per heavy atom. The lowest BCUT2D eigenvalue weighted by Crippen LogP contribution is -2.46. The predicted molar refractivity (Wildman–Crippen MR) is 320 cm³/mol. The van der Waals surface area contributed by atoms with Crippen molar-refractivity contribution in [1.29, 1.82) is 0 Å². The topological polar surface area (TPSA) is 108 Å². The molecule has 3 unspecified atom stereocenters. The summed E-state index contributed by atoms with van der Waals surface area (Å²) >= 11 is 0. The Balaban J connectivity index is 4.01. The van der Waals surface area contributed by atoms with Crippen molar-refractivity contribution in [3.05, 3.63) is 85.1 Å². The normalized spacial score (nSPS) is 14.4. The molecule has 0 aromatic rings. The minimum absolute atomic E-state index is 0.0105. The number of nitrogens with zero attached hydrogens (tertiary/aromatic N) is 1. The molecule has 0 bridgehead atoms. The number of hydrogen-bond acceptors (Lipinski definition) is 6. The molecule has 0 radical (unpaired) electrons. The molecular weight excluding hydrogens is 936 g/mol. The molecule has 2 N–H and O–H groups in total. The van der Waals surface area contributed by atoms with Crippen LogP contribution in [0, 0.1) is 0 Å². The molecule has 0 saturated carbocycles. The van der Waals surface area contributed by atoms with Crippen LogP contribution in [0.2, 0.25) is 0 Å². The number of rotatable bonds is 56. The van der Waals surface area contributed by atoms with Gasteiger partial charge < -0.3 is 28.8 Å². The summed E-state index contributed by atoms with van der Waals surface area (Å²) in [7, 11) is 1.30. The summed E-state index contributed by atoms with van der Waals surface area (Å²) < 4.78 is 23.4. The maximum Gasteiger partial charge on any atom is 0.268 e. The molecule has 8 nitrogen and oxygen atoms in total. The van der Waals surface area contributed by atoms with Crippen molar-refractivity contribution in [1.82, 2.24) is 5.32 Å². The van der Waals surface area contributed by atoms with Gasteiger partial charge in [0.1, 0.15) is 13.2 Å². The summed E-state index contributed by atoms with van der Waals surface area (Å²) in [5.74, 6) is -0.165. The molecule has 0 fully saturated rings. The molecule has 1 amide bonds. The zero-order valence-corrected chi connectivity index (χ0v) is 49.9. The SMILES string of the molecule is CC/C=C\C/C=C\C/C=C\C/C=C\C/C=C\C/C=C\C/C=C\CCCCCCCCCCCCCCCCCC(=O)NC(COP(=O)([O-])OCC[N+](C)(C)C)C(O)CCCCCCCCCCCCCCCCC. The zero-order chi connectivity index (χ0) is 54.2. The number of phosphoric acid groups is 1. The second kappa shape index (κ2) is 55.4. The van der Waals surface area contributed by atoms with E-state index in [1.807, 2.05) is 21.1 Å². The number of quaternary nitrogens is 1. The van der Waals surface area contributed by atoms with Gasteiger partial charge >= 0.3 is 0 Å². The molecule has 9 heteroatoms. The molecule has 430 valence electrons. The van der Waals surface area contributed by atoms with Crippen LogP contribution in [0.15, 0.2) is 85.1 Å². The highest BCUT2D eigenvalue weighted by Gasteiger charge is 2.24. The number of hydrogen-bond donors (Lipinski definition) is 2. The lowest BCUT2D eigenvalue weighted by Gasteiger charge is -2.30. The fourth-order valence-electron chi connectivity index (χ4n) is 8.85. The minimum atomic E-state index is -4.58. The Labute approximate surface area is 458 Å². The van der Waals surface area contributed by atoms with Gasteiger partial charge in [-0.25, -0.2) is 0 Å². The maximum atomic E-state index is 13.0. The van der Waals surface area contributed by atoms with Crippen LogP contribution in [0.1, 0.15) is 271 Å². The summed E-state index contributed by atoms with van der Waals surface area (Å²) in [5, 5.41) is 14.0. The monoisotopic (exact) mass is 1050 g/mol. The van der Waals surface area contributed by atoms with Crippen molar-refractivity contribution in [2.75, 3.05) is 40.9 Å². The summed E-state index contributed by atoms with van der Waals surface area (Å²) in [4.78, 5) is 25.5. The number of phosphoric ester groups is 1. The molecule has 74 heavy (non-hydrogen) atoms. The van der Waals surface area contributed by atoms with Crippen LogP contribution in [-0.2, 0) is 18.4 Å². The van der Waals surface area contributed by atoms with E-state index >= 15 is 0 Å². The van der Waals surface area contributed by atoms with Crippen molar-refractivity contribution in [3.8, 4) is 0 Å². The van der Waals surface area contributed by atoms with Crippen LogP contribution in [0.3, 0.4) is 0 Å². The zero-order valence-electron chi connectivity index (χ0n) is 49.0. The molecule has 0 spiro atoms. The molecule has 0 saturated heterocycles. The highest BCUT2D eigenvalue weighted by Crippen LogP contribution is 2.38. The van der Waals surface area contributed by atoms with Crippen molar-refractivity contribution in [2.24, 2.45) is 0 Å². The quantitative estimate of drug-likeness (QED) is 0.0272. The van der Waals surface area contributed by atoms with Gasteiger partial charge in [-0.3, -0.25) is 9.36 Å². The maximum absolute atomic E-state index is 13.0. The van der Waals surface area contributed by atoms with E-state index in [0.717, 1.165) is 83.5 Å². The molecule has 3 atom stereocenters. The van der Waals surface area contributed by atoms with E-state index in [1.54, 1.807) is 0 Å². The molecule has 0 aromatic carbocycles. The van der Waals surface area contributed by atoms with Crippen LogP contribution in [0.5, 0.6) is 0 Å². The van der Waals surface area contributed by atoms with Gasteiger partial charge in [-0.1, -0.05) is 279 Å². The number of aliphatic hydroxyl groups excluding tert-OH is 1. The third kappa shape index (κ3) is 57.4. The Bertz CT molecular complexity index is 1480. The molecule has 0 rings (SSSR count). The van der Waals surface area contributed by atoms with E-state index in [0.29, 0.717) is 23.9 Å². The number of likely N-dealkylation sites (N-methyl/N-ethyl adjacent to an activating group) is 1. The number of carbonyl (C=O) groups excluding carboxylic acids is 1. The van der Waals surface area contributed by atoms with Crippen LogP contribution < -0.4 is 10.2 Å². The first kappa shape index (κ1) is 71.7. The molecule has 0 aliphatic carbocycles. The van der Waals surface area contributed by atoms with Crippen molar-refractivity contribution in [3.63, 3.8) is 0 Å². The lowest BCUT2D eigenvalue weighted by molar-refractivity contribution is -0.870. The van der Waals surface area contributed by atoms with Gasteiger partial charge in [-0.05, 0) is 70.6 Å². The molecule has 0 aliphatic heterocycles. The van der Waals surface area contributed by atoms with Crippen molar-refractivity contribution in [2.45, 2.75) is 283 Å². The van der Waals surface area contributed by atoms with Gasteiger partial charge in [-0.2, -0.15) is 0 Å². The highest BCUT2D eigenvalue weighted by molar-refractivity contribution is 7.45. The predicted octanol–water partition coefficient (Wildman–Crippen LogP) is 18.6. The summed E-state index contributed by atoms with van der Waals surface area (Å²) in [6.45, 7) is 4.62. The van der Waals surface area contributed by atoms with E-state index in [-0.39, 0.29) is 19.1 Å². The molecule has 0 aliphatic rings. The number of aliphatic hydroxyl groups is 1. The van der Waals surface area contributed by atoms with Gasteiger partial charge in [0.15, 0.2) is 0 Å². The Kier molecular flexibility index (Phi) is 53.7. The van der Waals surface area contributed by atoms with Gasteiger partial charge in [0.25, 0.3) is 7.82 Å². The first-order valence-corrected chi connectivity index (χ1v) is 32.4. The van der Waals surface area contributed by atoms with Gasteiger partial charge in [-0.15, -0.1) is 0 Å². The summed E-state index contributed by atoms with van der Waals surface area (Å²) in [6.07, 6.45) is 77.7. The third-order valence-electron chi connectivity index (χ3n) is 13.6. The average molecular weight is 1060 g/mol. The van der Waals surface area contributed by atoms with Crippen LogP contribution >= 0.6 is 7.82 Å². The van der Waals surface area contributed by atoms with Crippen molar-refractivity contribution >= 4 is 13.7 Å². The Morgan fingerprint density at radius 1 is 0.486 bits per heavy atom. The van der Waals surface area contributed by atoms with E-state index in [1.165, 1.54) is 161 Å². The van der Waals surface area contributed by atoms with Crippen LogP contribution in [-0.4, -0.2) is 68.5 Å². The lowest BCUT2D eigenvalue weighted by atomic mass is 10.0. The first-order valence-electron chi connectivity index (χ1n) is 30.9. The number of nitrogens with one attached hydrogen (secondary N) is 1. The van der Waals surface area contributed by atoms with Crippen molar-refractivity contribution < 1.29 is 32.9 Å². The second-order valence-electron chi connectivity index (χ2n) is 22.0. The fourth-order valence-corrected chi connectivity index (χ4v) is 9.57. The average Bonchev–Trinajstić information content (AvgIpc) is 3.36. The standard InChI is InChI=1S/C65H119N2O6P/c1-6-8-10-12-14-16-18-20-22-23-24-25-26-27-28-29-30-31-32-33-34-35-36-37-38-39-40-41-42-43-45-47-49-51-53-55-57-59-65(69)66-63(62-73-74(70,71)72-61-60-67(3,4)5)64(68)58-56-54-52-50-48-46-44-21-19-17-15-13-11-9-7-2/h8,10,14,16,20,22,24-25,27-28,30-31,33-34,63-64,68H,6-7,9,11-13,15,17-19,21,23,26,29,32,35-62H2,1-5H3,(H-,66,69,70,71)/b10-8-,16-14-,22-20-,25-24-,28-27-,31-30-,34-33-. The summed E-state index contributed by atoms with van der Waals surface area (Å²) in [6, 6.07) is -0.804. The Morgan fingerprint density at radius 3 is 1.20 bits per heavy atom. The second-order valence-corrected chi connectivity index (χ2v) is 23.4. The third-order valence-corrected chi connectivity index (χ3v) is 14.6.